The first-order valence-electron chi connectivity index (χ1n) is 8.91. The molecule has 2 heterocycles. The molecule has 0 aliphatic carbocycles. The summed E-state index contributed by atoms with van der Waals surface area (Å²) < 4.78 is 11.1. The van der Waals surface area contributed by atoms with Crippen LogP contribution < -0.4 is 14.4 Å². The summed E-state index contributed by atoms with van der Waals surface area (Å²) in [5.74, 6) is 0.455. The van der Waals surface area contributed by atoms with Gasteiger partial charge in [-0.25, -0.2) is 4.90 Å². The third-order valence-corrected chi connectivity index (χ3v) is 5.65. The van der Waals surface area contributed by atoms with Gasteiger partial charge in [0.2, 0.25) is 0 Å². The fourth-order valence-electron chi connectivity index (χ4n) is 3.13. The second kappa shape index (κ2) is 7.53. The Morgan fingerprint density at radius 2 is 1.64 bits per heavy atom. The number of carbonyl (C=O) groups excluding carboxylic acids is 2. The van der Waals surface area contributed by atoms with E-state index in [-0.39, 0.29) is 17.1 Å². The third-order valence-electron chi connectivity index (χ3n) is 4.31. The lowest BCUT2D eigenvalue weighted by molar-refractivity contribution is -0.119. The van der Waals surface area contributed by atoms with Gasteiger partial charge in [0.05, 0.1) is 16.2 Å². The van der Waals surface area contributed by atoms with Crippen molar-refractivity contribution in [1.29, 1.82) is 0 Å². The molecule has 2 aliphatic heterocycles. The van der Waals surface area contributed by atoms with Gasteiger partial charge in [0, 0.05) is 16.3 Å². The molecule has 4 rings (SSSR count). The van der Waals surface area contributed by atoms with Crippen LogP contribution in [0.1, 0.15) is 19.4 Å². The number of imide groups is 1. The Morgan fingerprint density at radius 3 is 2.32 bits per heavy atom. The number of amides is 2. The number of carbonyl (C=O) groups is 2. The third kappa shape index (κ3) is 3.38. The van der Waals surface area contributed by atoms with E-state index in [1.165, 1.54) is 16.7 Å². The van der Waals surface area contributed by atoms with Crippen LogP contribution in [-0.4, -0.2) is 30.3 Å². The molecule has 0 bridgehead atoms. The van der Waals surface area contributed by atoms with Crippen LogP contribution in [0.25, 0.3) is 5.57 Å². The Morgan fingerprint density at radius 1 is 0.964 bits per heavy atom. The van der Waals surface area contributed by atoms with E-state index in [4.69, 9.17) is 21.1 Å². The molecule has 28 heavy (non-hydrogen) atoms. The van der Waals surface area contributed by atoms with Crippen LogP contribution >= 0.6 is 23.4 Å². The zero-order valence-electron chi connectivity index (χ0n) is 15.4. The average molecular weight is 416 g/mol. The summed E-state index contributed by atoms with van der Waals surface area (Å²) in [6.45, 7) is 4.88. The minimum absolute atomic E-state index is 0.147. The van der Waals surface area contributed by atoms with Crippen LogP contribution in [0.3, 0.4) is 0 Å². The molecule has 0 aromatic heterocycles. The maximum atomic E-state index is 13.3. The highest BCUT2D eigenvalue weighted by Crippen LogP contribution is 2.42. The number of rotatable bonds is 4. The number of benzene rings is 2. The number of anilines is 1. The fourth-order valence-corrected chi connectivity index (χ4v) is 4.24. The summed E-state index contributed by atoms with van der Waals surface area (Å²) in [5.41, 5.74) is 1.53. The van der Waals surface area contributed by atoms with E-state index in [1.54, 1.807) is 42.5 Å². The molecule has 0 saturated heterocycles. The van der Waals surface area contributed by atoms with Gasteiger partial charge in [0.25, 0.3) is 11.8 Å². The normalized spacial score (nSPS) is 16.4. The Labute approximate surface area is 172 Å². The summed E-state index contributed by atoms with van der Waals surface area (Å²) in [6, 6.07) is 12.0. The van der Waals surface area contributed by atoms with Gasteiger partial charge >= 0.3 is 0 Å². The van der Waals surface area contributed by atoms with E-state index < -0.39 is 0 Å². The monoisotopic (exact) mass is 415 g/mol. The largest absolute Gasteiger partial charge is 0.486 e. The molecule has 2 amide bonds. The number of hydrogen-bond acceptors (Lipinski definition) is 5. The van der Waals surface area contributed by atoms with Crippen molar-refractivity contribution < 1.29 is 19.1 Å². The lowest BCUT2D eigenvalue weighted by Gasteiger charge is -2.21. The molecule has 2 aromatic carbocycles. The second-order valence-electron chi connectivity index (χ2n) is 6.65. The zero-order valence-corrected chi connectivity index (χ0v) is 17.0. The molecule has 0 radical (unpaired) electrons. The zero-order chi connectivity index (χ0) is 19.8. The molecule has 0 saturated carbocycles. The number of ether oxygens (including phenoxy) is 2. The molecular formula is C21H18ClNO4S. The predicted octanol–water partition coefficient (Wildman–Crippen LogP) is 4.54. The van der Waals surface area contributed by atoms with Crippen molar-refractivity contribution >= 4 is 46.4 Å². The van der Waals surface area contributed by atoms with Crippen LogP contribution in [-0.2, 0) is 9.59 Å². The van der Waals surface area contributed by atoms with Gasteiger partial charge in [0.15, 0.2) is 11.5 Å². The molecule has 144 valence electrons. The number of halogens is 1. The summed E-state index contributed by atoms with van der Waals surface area (Å²) >= 11 is 7.37. The van der Waals surface area contributed by atoms with E-state index in [1.807, 2.05) is 13.8 Å². The molecule has 0 fully saturated rings. The molecule has 0 N–H and O–H groups in total. The van der Waals surface area contributed by atoms with Crippen LogP contribution in [0.5, 0.6) is 11.5 Å². The van der Waals surface area contributed by atoms with Gasteiger partial charge in [-0.15, -0.1) is 11.8 Å². The highest BCUT2D eigenvalue weighted by atomic mass is 35.5. The molecule has 2 aromatic rings. The van der Waals surface area contributed by atoms with Crippen LogP contribution in [0.2, 0.25) is 5.02 Å². The SMILES string of the molecule is CC(C)SC1=C(c2ccc(Cl)cc2)C(=O)N(c2ccc3c(c2)OCCO3)C1=O. The average Bonchev–Trinajstić information content (AvgIpc) is 2.91. The maximum Gasteiger partial charge on any atom is 0.272 e. The van der Waals surface area contributed by atoms with E-state index in [0.29, 0.717) is 51.5 Å². The molecule has 0 unspecified atom stereocenters. The molecule has 5 nitrogen and oxygen atoms in total. The van der Waals surface area contributed by atoms with Crippen LogP contribution in [0.15, 0.2) is 47.4 Å². The number of hydrogen-bond donors (Lipinski definition) is 0. The van der Waals surface area contributed by atoms with Gasteiger partial charge < -0.3 is 9.47 Å². The molecule has 7 heteroatoms. The van der Waals surface area contributed by atoms with Crippen molar-refractivity contribution in [3.63, 3.8) is 0 Å². The number of thioether (sulfide) groups is 1. The second-order valence-corrected chi connectivity index (χ2v) is 8.67. The van der Waals surface area contributed by atoms with Gasteiger partial charge in [-0.1, -0.05) is 37.6 Å². The summed E-state index contributed by atoms with van der Waals surface area (Å²) in [5, 5.41) is 0.720. The number of nitrogens with zero attached hydrogens (tertiary/aromatic N) is 1. The van der Waals surface area contributed by atoms with E-state index >= 15 is 0 Å². The maximum absolute atomic E-state index is 13.3. The highest BCUT2D eigenvalue weighted by molar-refractivity contribution is 8.04. The Bertz CT molecular complexity index is 984. The van der Waals surface area contributed by atoms with Crippen LogP contribution in [0, 0.1) is 0 Å². The smallest absolute Gasteiger partial charge is 0.272 e. The van der Waals surface area contributed by atoms with Gasteiger partial charge in [-0.05, 0) is 29.8 Å². The van der Waals surface area contributed by atoms with Crippen molar-refractivity contribution in [1.82, 2.24) is 0 Å². The summed E-state index contributed by atoms with van der Waals surface area (Å²) in [4.78, 5) is 28.1. The molecule has 0 spiro atoms. The molecule has 2 aliphatic rings. The number of fused-ring (bicyclic) bond motifs is 1. The standard InChI is InChI=1S/C21H18ClNO4S/c1-12(2)28-19-18(13-3-5-14(22)6-4-13)20(24)23(21(19)25)15-7-8-16-17(11-15)27-10-9-26-16/h3-8,11-12H,9-10H2,1-2H3. The minimum Gasteiger partial charge on any atom is -0.486 e. The van der Waals surface area contributed by atoms with Crippen molar-refractivity contribution in [2.75, 3.05) is 18.1 Å². The Hall–Kier alpha value is -2.44. The van der Waals surface area contributed by atoms with Crippen molar-refractivity contribution in [3.8, 4) is 11.5 Å². The van der Waals surface area contributed by atoms with Crippen molar-refractivity contribution in [2.24, 2.45) is 0 Å². The first-order chi connectivity index (χ1) is 13.5. The van der Waals surface area contributed by atoms with E-state index in [9.17, 15) is 9.59 Å². The van der Waals surface area contributed by atoms with E-state index in [0.717, 1.165) is 0 Å². The van der Waals surface area contributed by atoms with Gasteiger partial charge in [-0.3, -0.25) is 9.59 Å². The first-order valence-corrected chi connectivity index (χ1v) is 10.2. The first kappa shape index (κ1) is 18.9. The van der Waals surface area contributed by atoms with Crippen molar-refractivity contribution in [2.45, 2.75) is 19.1 Å². The summed E-state index contributed by atoms with van der Waals surface area (Å²) in [7, 11) is 0. The highest BCUT2D eigenvalue weighted by Gasteiger charge is 2.40. The fraction of sp³-hybridized carbons (Fsp3) is 0.238. The molecule has 0 atom stereocenters. The van der Waals surface area contributed by atoms with E-state index in [2.05, 4.69) is 0 Å². The minimum atomic E-state index is -0.354. The molecular weight excluding hydrogens is 398 g/mol. The topological polar surface area (TPSA) is 55.8 Å². The quantitative estimate of drug-likeness (QED) is 0.686. The van der Waals surface area contributed by atoms with Gasteiger partial charge in [-0.2, -0.15) is 0 Å². The van der Waals surface area contributed by atoms with Crippen molar-refractivity contribution in [3.05, 3.63) is 58.0 Å². The van der Waals surface area contributed by atoms with Crippen LogP contribution in [0.4, 0.5) is 5.69 Å². The lowest BCUT2D eigenvalue weighted by Crippen LogP contribution is -2.31. The van der Waals surface area contributed by atoms with Gasteiger partial charge in [0.1, 0.15) is 13.2 Å². The Balaban J connectivity index is 1.77. The lowest BCUT2D eigenvalue weighted by atomic mass is 10.1. The Kier molecular flexibility index (Phi) is 5.08. The predicted molar refractivity (Wildman–Crippen MR) is 111 cm³/mol. The summed E-state index contributed by atoms with van der Waals surface area (Å²) in [6.07, 6.45) is 0.